The molecule has 0 spiro atoms. The molecule has 25 heavy (non-hydrogen) atoms. The minimum absolute atomic E-state index is 0.0567. The summed E-state index contributed by atoms with van der Waals surface area (Å²) < 4.78 is 1.63. The van der Waals surface area contributed by atoms with E-state index in [4.69, 9.17) is 0 Å². The average Bonchev–Trinajstić information content (AvgIpc) is 3.16. The van der Waals surface area contributed by atoms with E-state index in [1.54, 1.807) is 35.3 Å². The topological polar surface area (TPSA) is 88.9 Å². The fraction of sp³-hybridized carbons (Fsp3) is 0.0588. The SMILES string of the molecule is O=C1CSc2ccc(C(=O)Nc3ccc(-n4cncn4)cc3)cc2N1. The van der Waals surface area contributed by atoms with Crippen LogP contribution < -0.4 is 10.6 Å². The highest BCUT2D eigenvalue weighted by Gasteiger charge is 2.17. The maximum absolute atomic E-state index is 12.4. The number of nitrogens with zero attached hydrogens (tertiary/aromatic N) is 3. The van der Waals surface area contributed by atoms with Crippen molar-refractivity contribution >= 4 is 35.0 Å². The van der Waals surface area contributed by atoms with Gasteiger partial charge in [-0.05, 0) is 42.5 Å². The third kappa shape index (κ3) is 3.24. The molecule has 7 nitrogen and oxygen atoms in total. The van der Waals surface area contributed by atoms with Gasteiger partial charge in [0, 0.05) is 16.1 Å². The van der Waals surface area contributed by atoms with Crippen LogP contribution in [0.1, 0.15) is 10.4 Å². The van der Waals surface area contributed by atoms with Crippen LogP contribution in [0.3, 0.4) is 0 Å². The lowest BCUT2D eigenvalue weighted by molar-refractivity contribution is -0.113. The fourth-order valence-electron chi connectivity index (χ4n) is 2.47. The number of nitrogens with one attached hydrogen (secondary N) is 2. The van der Waals surface area contributed by atoms with E-state index >= 15 is 0 Å². The van der Waals surface area contributed by atoms with Crippen molar-refractivity contribution in [3.8, 4) is 5.69 Å². The Kier molecular flexibility index (Phi) is 3.95. The lowest BCUT2D eigenvalue weighted by Crippen LogP contribution is -2.19. The summed E-state index contributed by atoms with van der Waals surface area (Å²) in [6, 6.07) is 12.6. The Bertz CT molecular complexity index is 938. The van der Waals surface area contributed by atoms with E-state index in [0.717, 1.165) is 10.6 Å². The fourth-order valence-corrected chi connectivity index (χ4v) is 3.26. The summed E-state index contributed by atoms with van der Waals surface area (Å²) in [5, 5.41) is 9.69. The van der Waals surface area contributed by atoms with Gasteiger partial charge in [0.1, 0.15) is 12.7 Å². The van der Waals surface area contributed by atoms with Crippen LogP contribution in [0.25, 0.3) is 5.69 Å². The van der Waals surface area contributed by atoms with Crippen molar-refractivity contribution in [3.63, 3.8) is 0 Å². The van der Waals surface area contributed by atoms with E-state index in [9.17, 15) is 9.59 Å². The van der Waals surface area contributed by atoms with Crippen LogP contribution in [0, 0.1) is 0 Å². The van der Waals surface area contributed by atoms with Crippen molar-refractivity contribution in [2.24, 2.45) is 0 Å². The summed E-state index contributed by atoms with van der Waals surface area (Å²) in [5.74, 6) is 0.108. The van der Waals surface area contributed by atoms with Crippen LogP contribution in [0.15, 0.2) is 60.0 Å². The van der Waals surface area contributed by atoms with E-state index in [1.807, 2.05) is 18.2 Å². The van der Waals surface area contributed by atoms with Crippen molar-refractivity contribution in [1.82, 2.24) is 14.8 Å². The number of benzene rings is 2. The molecule has 4 rings (SSSR count). The second-order valence-electron chi connectivity index (χ2n) is 5.39. The Balaban J connectivity index is 1.50. The van der Waals surface area contributed by atoms with Crippen molar-refractivity contribution in [3.05, 3.63) is 60.7 Å². The molecule has 0 atom stereocenters. The number of rotatable bonds is 3. The molecule has 2 N–H and O–H groups in total. The highest BCUT2D eigenvalue weighted by atomic mass is 32.2. The molecule has 0 radical (unpaired) electrons. The minimum atomic E-state index is -0.235. The van der Waals surface area contributed by atoms with E-state index in [1.165, 1.54) is 18.1 Å². The quantitative estimate of drug-likeness (QED) is 0.757. The zero-order valence-electron chi connectivity index (χ0n) is 13.0. The highest BCUT2D eigenvalue weighted by Crippen LogP contribution is 2.32. The average molecular weight is 351 g/mol. The monoisotopic (exact) mass is 351 g/mol. The Morgan fingerprint density at radius 2 is 2.04 bits per heavy atom. The third-order valence-corrected chi connectivity index (χ3v) is 4.76. The van der Waals surface area contributed by atoms with Gasteiger partial charge in [-0.15, -0.1) is 11.8 Å². The standard InChI is InChI=1S/C17H13N5O2S/c23-16-8-25-15-6-1-11(7-14(15)21-16)17(24)20-12-2-4-13(5-3-12)22-10-18-9-19-22/h1-7,9-10H,8H2,(H,20,24)(H,21,23). The number of anilines is 2. The Morgan fingerprint density at radius 1 is 1.20 bits per heavy atom. The highest BCUT2D eigenvalue weighted by molar-refractivity contribution is 8.00. The van der Waals surface area contributed by atoms with Gasteiger partial charge in [0.2, 0.25) is 5.91 Å². The maximum Gasteiger partial charge on any atom is 0.255 e. The predicted octanol–water partition coefficient (Wildman–Crippen LogP) is 2.56. The van der Waals surface area contributed by atoms with Gasteiger partial charge in [0.05, 0.1) is 17.1 Å². The van der Waals surface area contributed by atoms with E-state index < -0.39 is 0 Å². The molecule has 0 fully saturated rings. The molecule has 0 bridgehead atoms. The molecule has 1 aliphatic heterocycles. The van der Waals surface area contributed by atoms with Gasteiger partial charge in [-0.2, -0.15) is 5.10 Å². The van der Waals surface area contributed by atoms with Crippen LogP contribution >= 0.6 is 11.8 Å². The lowest BCUT2D eigenvalue weighted by Gasteiger charge is -2.17. The van der Waals surface area contributed by atoms with E-state index in [0.29, 0.717) is 22.7 Å². The molecule has 1 aliphatic rings. The van der Waals surface area contributed by atoms with Gasteiger partial charge < -0.3 is 10.6 Å². The molecule has 0 aliphatic carbocycles. The smallest absolute Gasteiger partial charge is 0.255 e. The van der Waals surface area contributed by atoms with Crippen molar-refractivity contribution < 1.29 is 9.59 Å². The van der Waals surface area contributed by atoms with Gasteiger partial charge in [0.15, 0.2) is 0 Å². The van der Waals surface area contributed by atoms with E-state index in [2.05, 4.69) is 20.7 Å². The van der Waals surface area contributed by atoms with Crippen molar-refractivity contribution in [2.45, 2.75) is 4.90 Å². The molecule has 124 valence electrons. The molecule has 0 saturated carbocycles. The van der Waals surface area contributed by atoms with Crippen LogP contribution in [0.4, 0.5) is 11.4 Å². The number of fused-ring (bicyclic) bond motifs is 1. The number of carbonyl (C=O) groups excluding carboxylic acids is 2. The number of hydrogen-bond acceptors (Lipinski definition) is 5. The Labute approximate surface area is 147 Å². The second-order valence-corrected chi connectivity index (χ2v) is 6.41. The molecular weight excluding hydrogens is 338 g/mol. The first-order valence-corrected chi connectivity index (χ1v) is 8.51. The number of thioether (sulfide) groups is 1. The molecule has 3 aromatic rings. The third-order valence-electron chi connectivity index (χ3n) is 3.68. The molecule has 2 heterocycles. The summed E-state index contributed by atoms with van der Waals surface area (Å²) in [6.07, 6.45) is 3.07. The van der Waals surface area contributed by atoms with Crippen LogP contribution in [-0.4, -0.2) is 32.3 Å². The Morgan fingerprint density at radius 3 is 2.80 bits per heavy atom. The summed E-state index contributed by atoms with van der Waals surface area (Å²) in [4.78, 5) is 28.8. The number of carbonyl (C=O) groups is 2. The summed E-state index contributed by atoms with van der Waals surface area (Å²) in [5.41, 5.74) is 2.69. The zero-order chi connectivity index (χ0) is 17.2. The first kappa shape index (κ1) is 15.4. The van der Waals surface area contributed by atoms with Gasteiger partial charge in [-0.3, -0.25) is 9.59 Å². The van der Waals surface area contributed by atoms with Crippen LogP contribution in [0.2, 0.25) is 0 Å². The molecular formula is C17H13N5O2S. The number of aromatic nitrogens is 3. The van der Waals surface area contributed by atoms with Crippen LogP contribution in [-0.2, 0) is 4.79 Å². The van der Waals surface area contributed by atoms with Crippen molar-refractivity contribution in [2.75, 3.05) is 16.4 Å². The predicted molar refractivity (Wildman–Crippen MR) is 95.1 cm³/mol. The summed E-state index contributed by atoms with van der Waals surface area (Å²) in [6.45, 7) is 0. The normalized spacial score (nSPS) is 13.0. The minimum Gasteiger partial charge on any atom is -0.324 e. The molecule has 1 aromatic heterocycles. The van der Waals surface area contributed by atoms with Gasteiger partial charge >= 0.3 is 0 Å². The molecule has 2 amide bonds. The first-order chi connectivity index (χ1) is 12.2. The van der Waals surface area contributed by atoms with Gasteiger partial charge in [0.25, 0.3) is 5.91 Å². The number of amides is 2. The first-order valence-electron chi connectivity index (χ1n) is 7.52. The summed E-state index contributed by atoms with van der Waals surface area (Å²) in [7, 11) is 0. The summed E-state index contributed by atoms with van der Waals surface area (Å²) >= 11 is 1.46. The van der Waals surface area contributed by atoms with Crippen molar-refractivity contribution in [1.29, 1.82) is 0 Å². The largest absolute Gasteiger partial charge is 0.324 e. The maximum atomic E-state index is 12.4. The molecule has 0 saturated heterocycles. The number of hydrogen-bond donors (Lipinski definition) is 2. The zero-order valence-corrected chi connectivity index (χ0v) is 13.8. The molecule has 0 unspecified atom stereocenters. The van der Waals surface area contributed by atoms with Crippen LogP contribution in [0.5, 0.6) is 0 Å². The Hall–Kier alpha value is -3.13. The molecule has 8 heteroatoms. The van der Waals surface area contributed by atoms with Gasteiger partial charge in [-0.25, -0.2) is 9.67 Å². The molecule has 2 aromatic carbocycles. The van der Waals surface area contributed by atoms with E-state index in [-0.39, 0.29) is 11.8 Å². The second kappa shape index (κ2) is 6.40. The lowest BCUT2D eigenvalue weighted by atomic mass is 10.1. The van der Waals surface area contributed by atoms with Gasteiger partial charge in [-0.1, -0.05) is 0 Å².